The average Bonchev–Trinajstić information content (AvgIpc) is 3.09. The van der Waals surface area contributed by atoms with Crippen molar-refractivity contribution in [3.8, 4) is 0 Å². The molecule has 0 aliphatic heterocycles. The van der Waals surface area contributed by atoms with E-state index in [4.69, 9.17) is 0 Å². The fourth-order valence-corrected chi connectivity index (χ4v) is 3.83. The summed E-state index contributed by atoms with van der Waals surface area (Å²) in [7, 11) is 0. The van der Waals surface area contributed by atoms with Crippen LogP contribution in [0.2, 0.25) is 0 Å². The van der Waals surface area contributed by atoms with Crippen LogP contribution in [0.15, 0.2) is 95.6 Å². The van der Waals surface area contributed by atoms with Crippen LogP contribution in [0.25, 0.3) is 17.0 Å². The Balaban J connectivity index is 1.84. The highest BCUT2D eigenvalue weighted by Crippen LogP contribution is 2.36. The zero-order valence-electron chi connectivity index (χ0n) is 13.7. The van der Waals surface area contributed by atoms with Gasteiger partial charge in [0, 0.05) is 27.5 Å². The fraction of sp³-hybridized carbons (Fsp3) is 0.0435. The Morgan fingerprint density at radius 3 is 2.28 bits per heavy atom. The summed E-state index contributed by atoms with van der Waals surface area (Å²) in [4.78, 5) is 3.41. The van der Waals surface area contributed by atoms with Crippen molar-refractivity contribution < 1.29 is 0 Å². The van der Waals surface area contributed by atoms with E-state index in [0.717, 1.165) is 9.99 Å². The van der Waals surface area contributed by atoms with E-state index in [2.05, 4.69) is 112 Å². The van der Waals surface area contributed by atoms with Gasteiger partial charge in [-0.2, -0.15) is 0 Å². The summed E-state index contributed by atoms with van der Waals surface area (Å²) < 4.78 is 1.12. The molecule has 0 saturated carbocycles. The highest BCUT2D eigenvalue weighted by molar-refractivity contribution is 9.10. The van der Waals surface area contributed by atoms with E-state index < -0.39 is 0 Å². The summed E-state index contributed by atoms with van der Waals surface area (Å²) in [5, 5.41) is 1.24. The number of hydrogen-bond acceptors (Lipinski definition) is 0. The Labute approximate surface area is 156 Å². The molecule has 1 aromatic heterocycles. The topological polar surface area (TPSA) is 15.8 Å². The van der Waals surface area contributed by atoms with E-state index in [1.54, 1.807) is 0 Å². The second-order valence-electron chi connectivity index (χ2n) is 6.06. The third-order valence-corrected chi connectivity index (χ3v) is 5.12. The minimum atomic E-state index is 0.189. The summed E-state index contributed by atoms with van der Waals surface area (Å²) in [5.74, 6) is 0.189. The van der Waals surface area contributed by atoms with Crippen LogP contribution in [0, 0.1) is 0 Å². The molecular formula is C23H18BrN. The van der Waals surface area contributed by atoms with Gasteiger partial charge >= 0.3 is 0 Å². The molecule has 0 bridgehead atoms. The van der Waals surface area contributed by atoms with Gasteiger partial charge in [0.15, 0.2) is 0 Å². The molecule has 1 heterocycles. The highest BCUT2D eigenvalue weighted by Gasteiger charge is 2.17. The van der Waals surface area contributed by atoms with Gasteiger partial charge < -0.3 is 4.98 Å². The van der Waals surface area contributed by atoms with Crippen LogP contribution >= 0.6 is 15.9 Å². The fourth-order valence-electron chi connectivity index (χ4n) is 3.24. The van der Waals surface area contributed by atoms with E-state index >= 15 is 0 Å². The predicted octanol–water partition coefficient (Wildman–Crippen LogP) is 6.78. The van der Waals surface area contributed by atoms with Crippen LogP contribution < -0.4 is 0 Å². The molecule has 1 N–H and O–H groups in total. The standard InChI is InChI=1S/C23H18BrN/c24-21-12-7-13-22-23(21)20(16-25-22)19(18-10-5-2-6-11-18)15-14-17-8-3-1-4-9-17/h1-16,19,25H/b15-14+/t19-/m0/s1. The molecule has 0 fully saturated rings. The molecule has 1 nitrogen and oxygen atoms in total. The summed E-state index contributed by atoms with van der Waals surface area (Å²) in [5.41, 5.74) is 4.92. The van der Waals surface area contributed by atoms with Gasteiger partial charge in [0.05, 0.1) is 0 Å². The first-order chi connectivity index (χ1) is 12.3. The van der Waals surface area contributed by atoms with Crippen molar-refractivity contribution >= 4 is 32.9 Å². The molecule has 25 heavy (non-hydrogen) atoms. The molecule has 1 atom stereocenters. The molecule has 0 radical (unpaired) electrons. The number of nitrogens with one attached hydrogen (secondary N) is 1. The quantitative estimate of drug-likeness (QED) is 0.397. The van der Waals surface area contributed by atoms with Crippen molar-refractivity contribution in [1.29, 1.82) is 0 Å². The zero-order valence-corrected chi connectivity index (χ0v) is 15.3. The molecule has 0 spiro atoms. The number of halogens is 1. The number of aromatic amines is 1. The molecule has 0 aliphatic rings. The van der Waals surface area contributed by atoms with Gasteiger partial charge in [0.25, 0.3) is 0 Å². The number of H-pyrrole nitrogens is 1. The Morgan fingerprint density at radius 1 is 0.800 bits per heavy atom. The van der Waals surface area contributed by atoms with Crippen LogP contribution in [0.1, 0.15) is 22.6 Å². The molecule has 3 aromatic carbocycles. The first-order valence-corrected chi connectivity index (χ1v) is 9.16. The molecule has 4 rings (SSSR count). The Hall–Kier alpha value is -2.58. The minimum Gasteiger partial charge on any atom is -0.361 e. The lowest BCUT2D eigenvalue weighted by Gasteiger charge is -2.14. The van der Waals surface area contributed by atoms with Gasteiger partial charge in [0.1, 0.15) is 0 Å². The summed E-state index contributed by atoms with van der Waals surface area (Å²) in [6.45, 7) is 0. The van der Waals surface area contributed by atoms with Gasteiger partial charge in [-0.1, -0.05) is 94.8 Å². The number of fused-ring (bicyclic) bond motifs is 1. The highest BCUT2D eigenvalue weighted by atomic mass is 79.9. The third-order valence-electron chi connectivity index (χ3n) is 4.46. The molecule has 4 aromatic rings. The monoisotopic (exact) mass is 387 g/mol. The van der Waals surface area contributed by atoms with Crippen molar-refractivity contribution in [3.63, 3.8) is 0 Å². The first kappa shape index (κ1) is 15.9. The van der Waals surface area contributed by atoms with Gasteiger partial charge in [-0.25, -0.2) is 0 Å². The number of hydrogen-bond donors (Lipinski definition) is 1. The van der Waals surface area contributed by atoms with E-state index in [0.29, 0.717) is 0 Å². The van der Waals surface area contributed by atoms with E-state index in [9.17, 15) is 0 Å². The SMILES string of the molecule is Brc1cccc2[nH]cc([C@@H](/C=C/c3ccccc3)c3ccccc3)c12. The largest absolute Gasteiger partial charge is 0.361 e. The Kier molecular flexibility index (Phi) is 4.53. The number of aromatic nitrogens is 1. The van der Waals surface area contributed by atoms with Crippen molar-refractivity contribution in [1.82, 2.24) is 4.98 Å². The van der Waals surface area contributed by atoms with Gasteiger partial charge in [-0.3, -0.25) is 0 Å². The van der Waals surface area contributed by atoms with Gasteiger partial charge in [-0.15, -0.1) is 0 Å². The maximum Gasteiger partial charge on any atom is 0.0468 e. The van der Waals surface area contributed by atoms with E-state index in [-0.39, 0.29) is 5.92 Å². The zero-order chi connectivity index (χ0) is 17.1. The molecule has 0 saturated heterocycles. The molecule has 0 amide bonds. The van der Waals surface area contributed by atoms with Crippen molar-refractivity contribution in [2.75, 3.05) is 0 Å². The molecule has 122 valence electrons. The second-order valence-corrected chi connectivity index (χ2v) is 6.92. The number of rotatable bonds is 4. The molecule has 0 aliphatic carbocycles. The normalized spacial score (nSPS) is 12.7. The van der Waals surface area contributed by atoms with Crippen LogP contribution in [-0.4, -0.2) is 4.98 Å². The van der Waals surface area contributed by atoms with Crippen LogP contribution in [0.5, 0.6) is 0 Å². The minimum absolute atomic E-state index is 0.189. The molecule has 0 unspecified atom stereocenters. The van der Waals surface area contributed by atoms with Gasteiger partial charge in [0.2, 0.25) is 0 Å². The maximum absolute atomic E-state index is 3.72. The second kappa shape index (κ2) is 7.12. The third kappa shape index (κ3) is 3.31. The Morgan fingerprint density at radius 2 is 1.52 bits per heavy atom. The van der Waals surface area contributed by atoms with E-state index in [1.165, 1.54) is 22.1 Å². The summed E-state index contributed by atoms with van der Waals surface area (Å²) in [6.07, 6.45) is 6.61. The predicted molar refractivity (Wildman–Crippen MR) is 110 cm³/mol. The smallest absolute Gasteiger partial charge is 0.0468 e. The summed E-state index contributed by atoms with van der Waals surface area (Å²) in [6, 6.07) is 27.4. The van der Waals surface area contributed by atoms with Crippen LogP contribution in [-0.2, 0) is 0 Å². The first-order valence-electron chi connectivity index (χ1n) is 8.36. The number of benzene rings is 3. The maximum atomic E-state index is 3.72. The van der Waals surface area contributed by atoms with E-state index in [1.807, 2.05) is 6.07 Å². The molecule has 2 heteroatoms. The lowest BCUT2D eigenvalue weighted by molar-refractivity contribution is 1.04. The average molecular weight is 388 g/mol. The lowest BCUT2D eigenvalue weighted by Crippen LogP contribution is -1.97. The number of allylic oxidation sites excluding steroid dienone is 1. The van der Waals surface area contributed by atoms with Crippen molar-refractivity contribution in [2.24, 2.45) is 0 Å². The molecular weight excluding hydrogens is 370 g/mol. The van der Waals surface area contributed by atoms with Crippen molar-refractivity contribution in [2.45, 2.75) is 5.92 Å². The van der Waals surface area contributed by atoms with Crippen molar-refractivity contribution in [3.05, 3.63) is 112 Å². The van der Waals surface area contributed by atoms with Crippen LogP contribution in [0.3, 0.4) is 0 Å². The Bertz CT molecular complexity index is 1000. The summed E-state index contributed by atoms with van der Waals surface area (Å²) >= 11 is 3.72. The lowest BCUT2D eigenvalue weighted by atomic mass is 9.90. The van der Waals surface area contributed by atoms with Crippen LogP contribution in [0.4, 0.5) is 0 Å². The van der Waals surface area contributed by atoms with Gasteiger partial charge in [-0.05, 0) is 28.8 Å².